The summed E-state index contributed by atoms with van der Waals surface area (Å²) in [7, 11) is 0. The Morgan fingerprint density at radius 2 is 1.22 bits per heavy atom. The van der Waals surface area contributed by atoms with E-state index in [1.807, 2.05) is 27.7 Å². The summed E-state index contributed by atoms with van der Waals surface area (Å²) in [6, 6.07) is 10.7. The number of anilines is 2. The van der Waals surface area contributed by atoms with E-state index in [9.17, 15) is 39.5 Å². The molecule has 0 aromatic carbocycles. The minimum Gasteiger partial charge on any atom is -0.395 e. The van der Waals surface area contributed by atoms with Crippen LogP contribution in [0.2, 0.25) is 20.6 Å². The van der Waals surface area contributed by atoms with Crippen LogP contribution in [0.5, 0.6) is 0 Å². The quantitative estimate of drug-likeness (QED) is 0.0908. The number of aliphatic hydroxyl groups excluding tert-OH is 2. The Hall–Kier alpha value is -4.96. The number of nitrogens with two attached hydrogens (primary N) is 1. The molecule has 1 aliphatic heterocycles. The van der Waals surface area contributed by atoms with E-state index >= 15 is 0 Å². The van der Waals surface area contributed by atoms with Crippen molar-refractivity contribution in [1.29, 1.82) is 15.8 Å². The van der Waals surface area contributed by atoms with Gasteiger partial charge in [0.2, 0.25) is 0 Å². The molecule has 0 radical (unpaired) electrons. The number of nitrogens with one attached hydrogen (secondary N) is 1. The second-order valence-corrected chi connectivity index (χ2v) is 16.8. The Labute approximate surface area is 405 Å². The molecule has 370 valence electrons. The molecule has 0 aliphatic carbocycles. The van der Waals surface area contributed by atoms with Crippen LogP contribution >= 0.6 is 46.4 Å². The first kappa shape index (κ1) is 59.2. The minimum atomic E-state index is -4.74. The van der Waals surface area contributed by atoms with E-state index in [2.05, 4.69) is 25.3 Å². The van der Waals surface area contributed by atoms with Crippen molar-refractivity contribution in [3.8, 4) is 18.2 Å². The number of aromatic nitrogens is 4. The highest BCUT2D eigenvalue weighted by Crippen LogP contribution is 2.42. The van der Waals surface area contributed by atoms with Gasteiger partial charge in [0, 0.05) is 12.2 Å². The predicted octanol–water partition coefficient (Wildman–Crippen LogP) is 10.9. The van der Waals surface area contributed by atoms with Gasteiger partial charge in [0.1, 0.15) is 73.4 Å². The zero-order valence-corrected chi connectivity index (χ0v) is 39.6. The van der Waals surface area contributed by atoms with Gasteiger partial charge in [0.05, 0.1) is 54.3 Å². The number of aliphatic hydroxyl groups is 2. The van der Waals surface area contributed by atoms with Crippen LogP contribution in [-0.2, 0) is 23.3 Å². The van der Waals surface area contributed by atoms with Crippen LogP contribution in [0.4, 0.5) is 51.1 Å². The number of pyridine rings is 4. The molecule has 1 saturated heterocycles. The van der Waals surface area contributed by atoms with Crippen LogP contribution in [0.25, 0.3) is 0 Å². The molecule has 4 atom stereocenters. The van der Waals surface area contributed by atoms with Crippen molar-refractivity contribution in [2.75, 3.05) is 30.0 Å². The molecule has 0 spiro atoms. The number of halogens is 13. The van der Waals surface area contributed by atoms with Gasteiger partial charge in [-0.05, 0) is 48.1 Å². The summed E-state index contributed by atoms with van der Waals surface area (Å²) >= 11 is 22.1. The van der Waals surface area contributed by atoms with Gasteiger partial charge >= 0.3 is 18.5 Å². The molecule has 0 bridgehead atoms. The normalized spacial score (nSPS) is 15.7. The molecule has 0 amide bonds. The monoisotopic (exact) mass is 1050 g/mol. The average molecular weight is 1050 g/mol. The summed E-state index contributed by atoms with van der Waals surface area (Å²) < 4.78 is 122. The highest BCUT2D eigenvalue weighted by atomic mass is 35.5. The van der Waals surface area contributed by atoms with E-state index in [0.717, 1.165) is 12.1 Å². The molecular formula is C42H43Cl4F9N10O3. The van der Waals surface area contributed by atoms with Crippen molar-refractivity contribution < 1.29 is 54.5 Å². The Bertz CT molecular complexity index is 2430. The highest BCUT2D eigenvalue weighted by Gasteiger charge is 2.42. The maximum absolute atomic E-state index is 13.5. The summed E-state index contributed by atoms with van der Waals surface area (Å²) in [5, 5.41) is 44.5. The van der Waals surface area contributed by atoms with Crippen molar-refractivity contribution in [3.05, 3.63) is 102 Å². The minimum absolute atomic E-state index is 0.00169. The highest BCUT2D eigenvalue weighted by molar-refractivity contribution is 6.33. The second-order valence-electron chi connectivity index (χ2n) is 15.3. The van der Waals surface area contributed by atoms with Gasteiger partial charge in [-0.15, -0.1) is 0 Å². The topological polar surface area (TPSA) is 214 Å². The molecule has 4 aromatic heterocycles. The lowest BCUT2D eigenvalue weighted by molar-refractivity contribution is -0.138. The SMILES string of the molecule is CC(C)C(CO)Nc1cc(C(F)(F)F)c(C#N)c(Cl)n1.CC(C)C(N)CO.CC(C)C1OCC(c2ccccn2)N1c1cc(C(F)(F)F)c(C#N)c(Cl)n1.N#Cc1c(C(F)(F)F)cc(Cl)nc1Cl. The number of hydrogen-bond donors (Lipinski definition) is 4. The molecule has 13 nitrogen and oxygen atoms in total. The lowest BCUT2D eigenvalue weighted by atomic mass is 10.1. The average Bonchev–Trinajstić information content (AvgIpc) is 3.70. The Kier molecular flexibility index (Phi) is 22.3. The van der Waals surface area contributed by atoms with Crippen molar-refractivity contribution in [2.24, 2.45) is 23.5 Å². The third-order valence-corrected chi connectivity index (χ3v) is 10.4. The van der Waals surface area contributed by atoms with Crippen molar-refractivity contribution in [2.45, 2.75) is 84.4 Å². The van der Waals surface area contributed by atoms with Crippen LogP contribution in [0.15, 0.2) is 42.6 Å². The van der Waals surface area contributed by atoms with Gasteiger partial charge in [0.15, 0.2) is 0 Å². The van der Waals surface area contributed by atoms with Gasteiger partial charge in [-0.2, -0.15) is 55.3 Å². The van der Waals surface area contributed by atoms with E-state index < -0.39 is 90.8 Å². The lowest BCUT2D eigenvalue weighted by Crippen LogP contribution is -2.37. The molecule has 5 N–H and O–H groups in total. The van der Waals surface area contributed by atoms with Crippen molar-refractivity contribution in [3.63, 3.8) is 0 Å². The zero-order chi connectivity index (χ0) is 52.1. The fourth-order valence-corrected chi connectivity index (χ4v) is 6.59. The van der Waals surface area contributed by atoms with Crippen LogP contribution in [0.3, 0.4) is 0 Å². The van der Waals surface area contributed by atoms with E-state index in [4.69, 9.17) is 82.9 Å². The van der Waals surface area contributed by atoms with E-state index in [-0.39, 0.29) is 49.3 Å². The Morgan fingerprint density at radius 3 is 1.62 bits per heavy atom. The summed E-state index contributed by atoms with van der Waals surface area (Å²) in [4.78, 5) is 17.1. The van der Waals surface area contributed by atoms with Crippen LogP contribution in [-0.4, -0.2) is 68.3 Å². The molecule has 5 rings (SSSR count). The number of nitriles is 3. The number of rotatable bonds is 9. The van der Waals surface area contributed by atoms with E-state index in [1.54, 1.807) is 43.1 Å². The molecule has 68 heavy (non-hydrogen) atoms. The smallest absolute Gasteiger partial charge is 0.395 e. The number of ether oxygens (including phenoxy) is 1. The van der Waals surface area contributed by atoms with E-state index in [1.165, 1.54) is 18.2 Å². The third-order valence-electron chi connectivity index (χ3n) is 9.43. The third kappa shape index (κ3) is 16.3. The number of nitrogens with zero attached hydrogens (tertiary/aromatic N) is 8. The zero-order valence-electron chi connectivity index (χ0n) is 36.6. The fraction of sp³-hybridized carbons (Fsp3) is 0.452. The molecule has 1 fully saturated rings. The summed E-state index contributed by atoms with van der Waals surface area (Å²) in [6.45, 7) is 11.4. The molecule has 4 unspecified atom stereocenters. The van der Waals surface area contributed by atoms with Gasteiger partial charge in [-0.1, -0.05) is 94.0 Å². The first-order chi connectivity index (χ1) is 31.5. The number of alkyl halides is 9. The first-order valence-corrected chi connectivity index (χ1v) is 21.2. The Balaban J connectivity index is 0.000000341. The summed E-state index contributed by atoms with van der Waals surface area (Å²) in [5.74, 6) is 0.215. The maximum atomic E-state index is 13.5. The maximum Gasteiger partial charge on any atom is 0.417 e. The molecule has 1 aliphatic rings. The van der Waals surface area contributed by atoms with Crippen molar-refractivity contribution >= 4 is 58.0 Å². The van der Waals surface area contributed by atoms with Gasteiger partial charge < -0.3 is 30.9 Å². The van der Waals surface area contributed by atoms with Crippen molar-refractivity contribution in [1.82, 2.24) is 19.9 Å². The second kappa shape index (κ2) is 25.6. The largest absolute Gasteiger partial charge is 0.417 e. The predicted molar refractivity (Wildman–Crippen MR) is 235 cm³/mol. The van der Waals surface area contributed by atoms with Crippen LogP contribution in [0.1, 0.15) is 86.7 Å². The molecule has 4 aromatic rings. The van der Waals surface area contributed by atoms with Gasteiger partial charge in [-0.3, -0.25) is 4.98 Å². The number of hydrogen-bond acceptors (Lipinski definition) is 13. The standard InChI is InChI=1S/C18H16ClF3N4O.C12H13ClF3N3O.C7HCl2F3N2.C5H13NO/c1-10(2)17-26(14(9-27-17)13-5-3-4-6-24-13)15-7-12(18(20,21)22)11(8-23)16(19)25-15;1-6(2)9(5-20)18-10-3-8(12(14,15)16)7(4-17)11(13)19-10;8-5-1-4(7(10,11)12)3(2-13)6(9)14-5;1-4(2)5(6)3-7/h3-7,10,14,17H,9H2,1-2H3;3,6,9,20H,5H2,1-2H3,(H,18,19);1H;4-5,7H,3,6H2,1-2H3. The first-order valence-electron chi connectivity index (χ1n) is 19.7. The molecular weight excluding hydrogens is 1010 g/mol. The summed E-state index contributed by atoms with van der Waals surface area (Å²) in [6.07, 6.45) is -13.0. The lowest BCUT2D eigenvalue weighted by Gasteiger charge is -2.31. The fourth-order valence-electron chi connectivity index (χ4n) is 5.65. The van der Waals surface area contributed by atoms with Crippen LogP contribution in [0, 0.1) is 51.7 Å². The van der Waals surface area contributed by atoms with Gasteiger partial charge in [-0.25, -0.2) is 15.0 Å². The summed E-state index contributed by atoms with van der Waals surface area (Å²) in [5.41, 5.74) is 0.450. The molecule has 0 saturated carbocycles. The molecule has 5 heterocycles. The van der Waals surface area contributed by atoms with E-state index in [0.29, 0.717) is 17.7 Å². The van der Waals surface area contributed by atoms with Crippen LogP contribution < -0.4 is 16.0 Å². The Morgan fingerprint density at radius 1 is 0.735 bits per heavy atom. The van der Waals surface area contributed by atoms with Gasteiger partial charge in [0.25, 0.3) is 0 Å². The molecule has 26 heteroatoms.